The Morgan fingerprint density at radius 3 is 0.812 bits per heavy atom. The molecule has 0 saturated heterocycles. The van der Waals surface area contributed by atoms with Crippen LogP contribution < -0.4 is 0 Å². The quantitative estimate of drug-likeness (QED) is 0.0169. The highest BCUT2D eigenvalue weighted by molar-refractivity contribution is 7.47. The summed E-state index contributed by atoms with van der Waals surface area (Å²) in [5.74, 6) is -0.555. The lowest BCUT2D eigenvalue weighted by Gasteiger charge is -2.21. The van der Waals surface area contributed by atoms with Crippen LogP contribution in [0.25, 0.3) is 0 Å². The van der Waals surface area contributed by atoms with Crippen molar-refractivity contribution in [2.45, 2.75) is 426 Å². The second-order valence-electron chi connectivity index (χ2n) is 29.8. The summed E-state index contributed by atoms with van der Waals surface area (Å²) in [5.41, 5.74) is 0. The Bertz CT molecular complexity index is 2040. The van der Waals surface area contributed by atoms with Crippen LogP contribution in [0.3, 0.4) is 0 Å². The van der Waals surface area contributed by atoms with E-state index in [0.29, 0.717) is 25.7 Å². The Morgan fingerprint density at radius 1 is 0.307 bits per heavy atom. The predicted octanol–water partition coefficient (Wildman–Crippen LogP) is 24.2. The van der Waals surface area contributed by atoms with Gasteiger partial charge in [0.2, 0.25) is 0 Å². The van der Waals surface area contributed by atoms with Crippen molar-refractivity contribution >= 4 is 39.5 Å². The van der Waals surface area contributed by atoms with E-state index in [9.17, 15) is 43.2 Å². The highest BCUT2D eigenvalue weighted by Crippen LogP contribution is 2.45. The molecule has 101 heavy (non-hydrogen) atoms. The third-order valence-corrected chi connectivity index (χ3v) is 20.5. The van der Waals surface area contributed by atoms with Gasteiger partial charge in [0.05, 0.1) is 26.4 Å². The second-order valence-corrected chi connectivity index (χ2v) is 32.7. The molecule has 17 nitrogen and oxygen atoms in total. The van der Waals surface area contributed by atoms with Gasteiger partial charge in [-0.25, -0.2) is 9.13 Å². The highest BCUT2D eigenvalue weighted by Gasteiger charge is 2.30. The van der Waals surface area contributed by atoms with Crippen LogP contribution in [0.5, 0.6) is 0 Å². The molecule has 0 spiro atoms. The molecule has 3 N–H and O–H groups in total. The van der Waals surface area contributed by atoms with E-state index in [0.717, 1.165) is 121 Å². The van der Waals surface area contributed by atoms with Crippen molar-refractivity contribution < 1.29 is 80.2 Å². The van der Waals surface area contributed by atoms with E-state index < -0.39 is 97.5 Å². The van der Waals surface area contributed by atoms with E-state index in [1.165, 1.54) is 205 Å². The molecule has 0 aliphatic rings. The van der Waals surface area contributed by atoms with Crippen LogP contribution in [-0.2, 0) is 65.4 Å². The summed E-state index contributed by atoms with van der Waals surface area (Å²) in [6.07, 6.45) is 66.0. The van der Waals surface area contributed by atoms with E-state index in [4.69, 9.17) is 37.0 Å². The molecule has 0 aromatic carbocycles. The van der Waals surface area contributed by atoms with Gasteiger partial charge in [0.15, 0.2) is 12.2 Å². The van der Waals surface area contributed by atoms with E-state index in [1.54, 1.807) is 0 Å². The number of hydrogen-bond donors (Lipinski definition) is 3. The topological polar surface area (TPSA) is 237 Å². The Labute approximate surface area is 618 Å². The Morgan fingerprint density at radius 2 is 0.535 bits per heavy atom. The Hall–Kier alpha value is -2.46. The van der Waals surface area contributed by atoms with E-state index >= 15 is 0 Å². The number of hydrogen-bond acceptors (Lipinski definition) is 15. The summed E-state index contributed by atoms with van der Waals surface area (Å²) in [5, 5.41) is 10.6. The van der Waals surface area contributed by atoms with Crippen LogP contribution in [0.4, 0.5) is 0 Å². The molecule has 0 fully saturated rings. The van der Waals surface area contributed by atoms with Crippen molar-refractivity contribution in [3.8, 4) is 0 Å². The molecular weight excluding hydrogens is 1320 g/mol. The van der Waals surface area contributed by atoms with Crippen LogP contribution in [0.15, 0.2) is 24.3 Å². The van der Waals surface area contributed by atoms with Gasteiger partial charge in [-0.15, -0.1) is 0 Å². The highest BCUT2D eigenvalue weighted by atomic mass is 31.2. The number of unbranched alkanes of at least 4 members (excludes halogenated alkanes) is 46. The number of carbonyl (C=O) groups is 4. The van der Waals surface area contributed by atoms with Gasteiger partial charge in [0, 0.05) is 25.7 Å². The maximum atomic E-state index is 13.1. The average molecular weight is 1480 g/mol. The molecule has 19 heteroatoms. The summed E-state index contributed by atoms with van der Waals surface area (Å²) in [6.45, 7) is 9.60. The first kappa shape index (κ1) is 98.5. The number of esters is 4. The number of phosphoric acid groups is 2. The molecule has 0 aliphatic heterocycles. The fraction of sp³-hybridized carbons (Fsp3) is 0.902. The lowest BCUT2D eigenvalue weighted by Crippen LogP contribution is -2.30. The molecule has 0 aromatic rings. The van der Waals surface area contributed by atoms with Crippen LogP contribution in [0.1, 0.15) is 408 Å². The molecule has 2 unspecified atom stereocenters. The zero-order valence-corrected chi connectivity index (χ0v) is 67.5. The standard InChI is InChI=1S/C82H156O17P2/c1-7-9-11-13-15-17-19-20-25-29-35-41-47-53-59-65-80(85)93-71-78(98-81(86)66-60-54-48-42-36-30-27-24-22-21-23-26-28-33-38-44-50-56-62-74(3)4)73-97-101(90,91)95-69-76(83)68-94-100(88,89)96-72-77(70-92-79(84)64-58-52-46-40-32-18-16-14-12-10-8-2)99-82(87)67-61-55-49-43-37-31-34-39-45-51-57-63-75(5)6/h17,19-20,25,74-78,83H,7-16,18,21-24,26-73H2,1-6H3,(H,88,89)(H,90,91)/b19-17-,25-20-/t76-,77+,78+/m0/s1. The van der Waals surface area contributed by atoms with Gasteiger partial charge in [-0.1, -0.05) is 355 Å². The van der Waals surface area contributed by atoms with Gasteiger partial charge in [-0.05, 0) is 63.2 Å². The normalized spacial score (nSPS) is 14.0. The maximum Gasteiger partial charge on any atom is 0.472 e. The summed E-state index contributed by atoms with van der Waals surface area (Å²) >= 11 is 0. The molecule has 5 atom stereocenters. The van der Waals surface area contributed by atoms with Gasteiger partial charge in [-0.2, -0.15) is 0 Å². The zero-order valence-electron chi connectivity index (χ0n) is 65.7. The van der Waals surface area contributed by atoms with Gasteiger partial charge < -0.3 is 33.8 Å². The summed E-state index contributed by atoms with van der Waals surface area (Å²) < 4.78 is 68.7. The van der Waals surface area contributed by atoms with E-state index in [1.807, 2.05) is 0 Å². The smallest absolute Gasteiger partial charge is 0.462 e. The molecule has 596 valence electrons. The van der Waals surface area contributed by atoms with Gasteiger partial charge >= 0.3 is 39.5 Å². The van der Waals surface area contributed by atoms with Crippen molar-refractivity contribution in [1.29, 1.82) is 0 Å². The predicted molar refractivity (Wildman–Crippen MR) is 414 cm³/mol. The lowest BCUT2D eigenvalue weighted by molar-refractivity contribution is -0.161. The number of aliphatic hydroxyl groups is 1. The molecule has 0 aromatic heterocycles. The summed E-state index contributed by atoms with van der Waals surface area (Å²) in [7, 11) is -9.93. The minimum Gasteiger partial charge on any atom is -0.462 e. The van der Waals surface area contributed by atoms with Crippen LogP contribution in [-0.4, -0.2) is 96.7 Å². The molecule has 0 radical (unpaired) electrons. The number of rotatable bonds is 79. The third kappa shape index (κ3) is 75.6. The molecule has 0 rings (SSSR count). The average Bonchev–Trinajstić information content (AvgIpc) is 1.25. The first-order valence-electron chi connectivity index (χ1n) is 41.8. The van der Waals surface area contributed by atoms with Crippen molar-refractivity contribution in [1.82, 2.24) is 0 Å². The van der Waals surface area contributed by atoms with Crippen molar-refractivity contribution in [2.75, 3.05) is 39.6 Å². The Balaban J connectivity index is 5.26. The van der Waals surface area contributed by atoms with Gasteiger partial charge in [-0.3, -0.25) is 37.3 Å². The zero-order chi connectivity index (χ0) is 74.2. The van der Waals surface area contributed by atoms with Crippen LogP contribution in [0.2, 0.25) is 0 Å². The Kier molecular flexibility index (Phi) is 71.3. The molecular formula is C82H156O17P2. The molecule has 0 aliphatic carbocycles. The van der Waals surface area contributed by atoms with Crippen LogP contribution >= 0.6 is 15.6 Å². The summed E-state index contributed by atoms with van der Waals surface area (Å²) in [4.78, 5) is 73.0. The van der Waals surface area contributed by atoms with Crippen LogP contribution in [0, 0.1) is 11.8 Å². The molecule has 0 bridgehead atoms. The lowest BCUT2D eigenvalue weighted by atomic mass is 10.0. The summed E-state index contributed by atoms with van der Waals surface area (Å²) in [6, 6.07) is 0. The number of aliphatic hydroxyl groups excluding tert-OH is 1. The monoisotopic (exact) mass is 1480 g/mol. The van der Waals surface area contributed by atoms with Crippen molar-refractivity contribution in [3.63, 3.8) is 0 Å². The van der Waals surface area contributed by atoms with Crippen molar-refractivity contribution in [2.24, 2.45) is 11.8 Å². The second kappa shape index (κ2) is 73.1. The first-order chi connectivity index (χ1) is 48.9. The number of allylic oxidation sites excluding steroid dienone is 4. The fourth-order valence-electron chi connectivity index (χ4n) is 12.2. The van der Waals surface area contributed by atoms with E-state index in [2.05, 4.69) is 65.8 Å². The molecule has 0 heterocycles. The number of phosphoric ester groups is 2. The fourth-order valence-corrected chi connectivity index (χ4v) is 13.8. The SMILES string of the molecule is CCCCCC/C=C\C=C/CCCCCCCC(=O)OC[C@H](COP(=O)(O)OC[C@@H](O)COP(=O)(O)OC[C@@H](COC(=O)CCCCCCCCCCCCC)OC(=O)CCCCCCCCCCCCCC(C)C)OC(=O)CCCCCCCCCCCCCCCCCCCCC(C)C. The van der Waals surface area contributed by atoms with E-state index in [-0.39, 0.29) is 25.7 Å². The maximum absolute atomic E-state index is 13.1. The van der Waals surface area contributed by atoms with Gasteiger partial charge in [0.25, 0.3) is 0 Å². The molecule has 0 saturated carbocycles. The van der Waals surface area contributed by atoms with Gasteiger partial charge in [0.1, 0.15) is 19.3 Å². The third-order valence-electron chi connectivity index (χ3n) is 18.6. The molecule has 0 amide bonds. The first-order valence-corrected chi connectivity index (χ1v) is 44.8. The van der Waals surface area contributed by atoms with Crippen molar-refractivity contribution in [3.05, 3.63) is 24.3 Å². The largest absolute Gasteiger partial charge is 0.472 e. The minimum absolute atomic E-state index is 0.101. The number of ether oxygens (including phenoxy) is 4. The minimum atomic E-state index is -4.97. The number of carbonyl (C=O) groups excluding carboxylic acids is 4.